The van der Waals surface area contributed by atoms with E-state index in [2.05, 4.69) is 48.1 Å². The lowest BCUT2D eigenvalue weighted by Gasteiger charge is -2.19. The third-order valence-electron chi connectivity index (χ3n) is 4.15. The van der Waals surface area contributed by atoms with Crippen molar-refractivity contribution in [2.75, 3.05) is 0 Å². The first-order valence-electron chi connectivity index (χ1n) is 8.48. The number of nitrogens with two attached hydrogens (primary N) is 1. The maximum atomic E-state index is 13.0. The van der Waals surface area contributed by atoms with E-state index < -0.39 is 6.04 Å². The Bertz CT molecular complexity index is 851. The average Bonchev–Trinajstić information content (AvgIpc) is 3.08. The maximum absolute atomic E-state index is 13.0. The molecule has 0 amide bonds. The summed E-state index contributed by atoms with van der Waals surface area (Å²) in [7, 11) is 0. The van der Waals surface area contributed by atoms with Gasteiger partial charge in [-0.3, -0.25) is 5.10 Å². The number of nitrogens with zero attached hydrogens (tertiary/aromatic N) is 2. The molecule has 26 heavy (non-hydrogen) atoms. The van der Waals surface area contributed by atoms with Gasteiger partial charge in [0.1, 0.15) is 18.2 Å². The lowest BCUT2D eigenvalue weighted by Crippen LogP contribution is -2.13. The molecular weight excluding hydrogens is 331 g/mol. The number of ether oxygens (including phenoxy) is 1. The van der Waals surface area contributed by atoms with E-state index in [9.17, 15) is 4.39 Å². The zero-order chi connectivity index (χ0) is 18.7. The second kappa shape index (κ2) is 7.25. The largest absolute Gasteiger partial charge is 0.486 e. The summed E-state index contributed by atoms with van der Waals surface area (Å²) in [4.78, 5) is 4.37. The van der Waals surface area contributed by atoms with Crippen LogP contribution in [0.25, 0.3) is 0 Å². The fraction of sp³-hybridized carbons (Fsp3) is 0.300. The van der Waals surface area contributed by atoms with Gasteiger partial charge in [-0.1, -0.05) is 45.0 Å². The molecule has 1 atom stereocenters. The molecule has 0 aliphatic rings. The van der Waals surface area contributed by atoms with E-state index in [1.807, 2.05) is 12.1 Å². The van der Waals surface area contributed by atoms with Crippen molar-refractivity contribution in [2.24, 2.45) is 5.73 Å². The molecule has 3 N–H and O–H groups in total. The van der Waals surface area contributed by atoms with E-state index in [1.54, 1.807) is 12.1 Å². The molecule has 0 aliphatic heterocycles. The first-order chi connectivity index (χ1) is 12.3. The molecule has 1 heterocycles. The number of hydrogen-bond acceptors (Lipinski definition) is 4. The molecule has 0 bridgehead atoms. The predicted octanol–water partition coefficient (Wildman–Crippen LogP) is 3.87. The Morgan fingerprint density at radius 1 is 1.08 bits per heavy atom. The van der Waals surface area contributed by atoms with Gasteiger partial charge >= 0.3 is 0 Å². The molecule has 0 unspecified atom stereocenters. The smallest absolute Gasteiger partial charge is 0.172 e. The molecule has 0 aliphatic carbocycles. The van der Waals surface area contributed by atoms with Crippen LogP contribution in [0.2, 0.25) is 0 Å². The average molecular weight is 354 g/mol. The number of halogens is 1. The number of rotatable bonds is 5. The Morgan fingerprint density at radius 3 is 2.35 bits per heavy atom. The molecule has 3 aromatic rings. The van der Waals surface area contributed by atoms with Gasteiger partial charge in [0, 0.05) is 0 Å². The minimum Gasteiger partial charge on any atom is -0.486 e. The topological polar surface area (TPSA) is 76.8 Å². The first kappa shape index (κ1) is 18.1. The molecule has 0 radical (unpaired) electrons. The Balaban J connectivity index is 1.62. The van der Waals surface area contributed by atoms with E-state index >= 15 is 0 Å². The standard InChI is InChI=1S/C20H23FN4O/c1-20(2,3)14-6-10-16(11-7-14)26-12-17-23-19(25-24-17)18(22)13-4-8-15(21)9-5-13/h4-11,18H,12,22H2,1-3H3,(H,23,24,25)/t18-/m0/s1. The van der Waals surface area contributed by atoms with Crippen molar-refractivity contribution in [3.05, 3.63) is 77.1 Å². The van der Waals surface area contributed by atoms with Crippen LogP contribution in [0.5, 0.6) is 5.75 Å². The highest BCUT2D eigenvalue weighted by atomic mass is 19.1. The SMILES string of the molecule is CC(C)(C)c1ccc(OCc2nc([C@@H](N)c3ccc(F)cc3)n[nH]2)cc1. The minimum atomic E-state index is -0.522. The Labute approximate surface area is 152 Å². The highest BCUT2D eigenvalue weighted by molar-refractivity contribution is 5.31. The summed E-state index contributed by atoms with van der Waals surface area (Å²) in [6.45, 7) is 6.77. The lowest BCUT2D eigenvalue weighted by atomic mass is 9.87. The highest BCUT2D eigenvalue weighted by Crippen LogP contribution is 2.24. The van der Waals surface area contributed by atoms with Crippen LogP contribution < -0.4 is 10.5 Å². The summed E-state index contributed by atoms with van der Waals surface area (Å²) in [5.41, 5.74) is 8.24. The minimum absolute atomic E-state index is 0.106. The van der Waals surface area contributed by atoms with E-state index in [4.69, 9.17) is 10.5 Å². The molecule has 5 nitrogen and oxygen atoms in total. The van der Waals surface area contributed by atoms with Gasteiger partial charge in [0.15, 0.2) is 11.6 Å². The van der Waals surface area contributed by atoms with Crippen LogP contribution in [0.4, 0.5) is 4.39 Å². The van der Waals surface area contributed by atoms with Crippen LogP contribution in [0.3, 0.4) is 0 Å². The van der Waals surface area contributed by atoms with Crippen molar-refractivity contribution in [3.8, 4) is 5.75 Å². The maximum Gasteiger partial charge on any atom is 0.172 e. The number of aromatic amines is 1. The normalized spacial score (nSPS) is 12.8. The van der Waals surface area contributed by atoms with Crippen LogP contribution in [0.15, 0.2) is 48.5 Å². The number of nitrogens with one attached hydrogen (secondary N) is 1. The fourth-order valence-electron chi connectivity index (χ4n) is 2.54. The number of benzene rings is 2. The van der Waals surface area contributed by atoms with Gasteiger partial charge in [-0.15, -0.1) is 0 Å². The zero-order valence-electron chi connectivity index (χ0n) is 15.2. The third-order valence-corrected chi connectivity index (χ3v) is 4.15. The first-order valence-corrected chi connectivity index (χ1v) is 8.48. The van der Waals surface area contributed by atoms with Crippen LogP contribution in [-0.2, 0) is 12.0 Å². The van der Waals surface area contributed by atoms with E-state index in [-0.39, 0.29) is 17.8 Å². The number of H-pyrrole nitrogens is 1. The van der Waals surface area contributed by atoms with Crippen molar-refractivity contribution < 1.29 is 9.13 Å². The van der Waals surface area contributed by atoms with Crippen LogP contribution >= 0.6 is 0 Å². The molecule has 0 saturated carbocycles. The second-order valence-electron chi connectivity index (χ2n) is 7.23. The summed E-state index contributed by atoms with van der Waals surface area (Å²) in [5.74, 6) is 1.48. The lowest BCUT2D eigenvalue weighted by molar-refractivity contribution is 0.296. The molecular formula is C20H23FN4O. The van der Waals surface area contributed by atoms with Gasteiger partial charge in [-0.25, -0.2) is 9.37 Å². The second-order valence-corrected chi connectivity index (χ2v) is 7.23. The van der Waals surface area contributed by atoms with Gasteiger partial charge in [0.2, 0.25) is 0 Å². The molecule has 136 valence electrons. The van der Waals surface area contributed by atoms with E-state index in [1.165, 1.54) is 17.7 Å². The third kappa shape index (κ3) is 4.26. The van der Waals surface area contributed by atoms with Gasteiger partial charge in [0.25, 0.3) is 0 Å². The van der Waals surface area contributed by atoms with Crippen molar-refractivity contribution in [1.82, 2.24) is 15.2 Å². The summed E-state index contributed by atoms with van der Waals surface area (Å²) < 4.78 is 18.8. The van der Waals surface area contributed by atoms with Crippen LogP contribution in [0.1, 0.15) is 49.6 Å². The summed E-state index contributed by atoms with van der Waals surface area (Å²) in [6, 6.07) is 13.5. The molecule has 1 aromatic heterocycles. The van der Waals surface area contributed by atoms with Gasteiger partial charge in [-0.05, 0) is 40.8 Å². The Morgan fingerprint density at radius 2 is 1.73 bits per heavy atom. The van der Waals surface area contributed by atoms with Crippen molar-refractivity contribution in [2.45, 2.75) is 38.8 Å². The summed E-state index contributed by atoms with van der Waals surface area (Å²) >= 11 is 0. The quantitative estimate of drug-likeness (QED) is 0.729. The molecule has 0 spiro atoms. The molecule has 0 saturated heterocycles. The van der Waals surface area contributed by atoms with Gasteiger partial charge in [0.05, 0.1) is 6.04 Å². The van der Waals surface area contributed by atoms with E-state index in [0.29, 0.717) is 11.6 Å². The predicted molar refractivity (Wildman–Crippen MR) is 98.3 cm³/mol. The monoisotopic (exact) mass is 354 g/mol. The summed E-state index contributed by atoms with van der Waals surface area (Å²) in [6.07, 6.45) is 0. The van der Waals surface area contributed by atoms with Gasteiger partial charge < -0.3 is 10.5 Å². The zero-order valence-corrected chi connectivity index (χ0v) is 15.2. The van der Waals surface area contributed by atoms with Crippen LogP contribution in [0, 0.1) is 5.82 Å². The Hall–Kier alpha value is -2.73. The number of hydrogen-bond donors (Lipinski definition) is 2. The molecule has 0 fully saturated rings. The highest BCUT2D eigenvalue weighted by Gasteiger charge is 2.15. The van der Waals surface area contributed by atoms with Crippen molar-refractivity contribution >= 4 is 0 Å². The Kier molecular flexibility index (Phi) is 5.04. The van der Waals surface area contributed by atoms with Crippen LogP contribution in [-0.4, -0.2) is 15.2 Å². The van der Waals surface area contributed by atoms with Gasteiger partial charge in [-0.2, -0.15) is 5.10 Å². The molecule has 3 rings (SSSR count). The molecule has 2 aromatic carbocycles. The van der Waals surface area contributed by atoms with Crippen molar-refractivity contribution in [3.63, 3.8) is 0 Å². The fourth-order valence-corrected chi connectivity index (χ4v) is 2.54. The number of aromatic nitrogens is 3. The van der Waals surface area contributed by atoms with E-state index in [0.717, 1.165) is 11.3 Å². The molecule has 6 heteroatoms. The summed E-state index contributed by atoms with van der Waals surface area (Å²) in [5, 5.41) is 6.97. The van der Waals surface area contributed by atoms with Crippen molar-refractivity contribution in [1.29, 1.82) is 0 Å².